The second-order valence-electron chi connectivity index (χ2n) is 5.06. The summed E-state index contributed by atoms with van der Waals surface area (Å²) in [6.07, 6.45) is 1.52. The highest BCUT2D eigenvalue weighted by Gasteiger charge is 2.14. The van der Waals surface area contributed by atoms with Gasteiger partial charge in [0.1, 0.15) is 5.75 Å². The Morgan fingerprint density at radius 1 is 1.14 bits per heavy atom. The highest BCUT2D eigenvalue weighted by molar-refractivity contribution is 6.42. The molecule has 2 aromatic rings. The maximum absolute atomic E-state index is 9.48. The molecule has 2 nitrogen and oxygen atoms in total. The molecule has 0 radical (unpaired) electrons. The summed E-state index contributed by atoms with van der Waals surface area (Å²) in [5, 5.41) is 10.5. The van der Waals surface area contributed by atoms with Crippen LogP contribution in [0.15, 0.2) is 36.4 Å². The van der Waals surface area contributed by atoms with E-state index in [1.807, 2.05) is 18.2 Å². The third-order valence-electron chi connectivity index (χ3n) is 3.67. The lowest BCUT2D eigenvalue weighted by atomic mass is 9.92. The molecule has 0 fully saturated rings. The smallest absolute Gasteiger partial charge is 0.122 e. The lowest BCUT2D eigenvalue weighted by Crippen LogP contribution is -2.02. The topological polar surface area (TPSA) is 33.0 Å². The Hall–Kier alpha value is -1.69. The zero-order chi connectivity index (χ0) is 16.1. The number of benzene rings is 2. The molecule has 0 spiro atoms. The van der Waals surface area contributed by atoms with Crippen LogP contribution >= 0.6 is 23.2 Å². The Morgan fingerprint density at radius 2 is 1.91 bits per heavy atom. The van der Waals surface area contributed by atoms with Crippen LogP contribution < -0.4 is 4.74 Å². The maximum Gasteiger partial charge on any atom is 0.122 e. The number of hydrogen-bond donors (Lipinski definition) is 0. The minimum atomic E-state index is -0.257. The first-order valence-corrected chi connectivity index (χ1v) is 7.85. The first-order valence-electron chi connectivity index (χ1n) is 7.09. The van der Waals surface area contributed by atoms with Crippen molar-refractivity contribution in [2.24, 2.45) is 0 Å². The van der Waals surface area contributed by atoms with Gasteiger partial charge in [0.25, 0.3) is 0 Å². The molecular formula is C18H17Cl2NO. The van der Waals surface area contributed by atoms with E-state index < -0.39 is 0 Å². The van der Waals surface area contributed by atoms with Crippen LogP contribution in [0.2, 0.25) is 10.0 Å². The summed E-state index contributed by atoms with van der Waals surface area (Å²) in [5.41, 5.74) is 3.13. The molecule has 0 saturated heterocycles. The number of hydrogen-bond acceptors (Lipinski definition) is 2. The predicted octanol–water partition coefficient (Wildman–Crippen LogP) is 5.41. The van der Waals surface area contributed by atoms with Gasteiger partial charge >= 0.3 is 0 Å². The van der Waals surface area contributed by atoms with E-state index in [4.69, 9.17) is 27.9 Å². The van der Waals surface area contributed by atoms with Gasteiger partial charge in [0, 0.05) is 0 Å². The standard InChI is InChI=1S/C18H17Cl2NO/c1-3-13-8-12(4-7-18(13)22-2)9-15(11-21)14-5-6-16(19)17(20)10-14/h4-8,10,15H,3,9H2,1-2H3. The predicted molar refractivity (Wildman–Crippen MR) is 90.9 cm³/mol. The molecule has 0 N–H and O–H groups in total. The van der Waals surface area contributed by atoms with Crippen molar-refractivity contribution in [3.8, 4) is 11.8 Å². The van der Waals surface area contributed by atoms with Gasteiger partial charge in [-0.05, 0) is 47.7 Å². The average molecular weight is 334 g/mol. The number of nitrogens with zero attached hydrogens (tertiary/aromatic N) is 1. The molecule has 0 saturated carbocycles. The number of rotatable bonds is 5. The summed E-state index contributed by atoms with van der Waals surface area (Å²) in [4.78, 5) is 0. The van der Waals surface area contributed by atoms with E-state index in [0.29, 0.717) is 16.5 Å². The molecular weight excluding hydrogens is 317 g/mol. The van der Waals surface area contributed by atoms with E-state index in [-0.39, 0.29) is 5.92 Å². The summed E-state index contributed by atoms with van der Waals surface area (Å²) in [5.74, 6) is 0.627. The van der Waals surface area contributed by atoms with Crippen molar-refractivity contribution in [2.75, 3.05) is 7.11 Å². The molecule has 0 aromatic heterocycles. The van der Waals surface area contributed by atoms with Crippen molar-refractivity contribution in [1.82, 2.24) is 0 Å². The third kappa shape index (κ3) is 3.74. The van der Waals surface area contributed by atoms with E-state index in [0.717, 1.165) is 28.9 Å². The van der Waals surface area contributed by atoms with Crippen molar-refractivity contribution in [3.63, 3.8) is 0 Å². The number of methoxy groups -OCH3 is 1. The van der Waals surface area contributed by atoms with Crippen molar-refractivity contribution >= 4 is 23.2 Å². The molecule has 1 unspecified atom stereocenters. The van der Waals surface area contributed by atoms with Gasteiger partial charge in [-0.3, -0.25) is 0 Å². The number of aryl methyl sites for hydroxylation is 1. The van der Waals surface area contributed by atoms with Crippen LogP contribution in [-0.4, -0.2) is 7.11 Å². The summed E-state index contributed by atoms with van der Waals surface area (Å²) in [7, 11) is 1.67. The van der Waals surface area contributed by atoms with E-state index in [1.165, 1.54) is 0 Å². The Kier molecular flexibility index (Phi) is 5.71. The zero-order valence-electron chi connectivity index (χ0n) is 12.6. The van der Waals surface area contributed by atoms with E-state index in [9.17, 15) is 5.26 Å². The Morgan fingerprint density at radius 3 is 2.50 bits per heavy atom. The molecule has 0 heterocycles. The van der Waals surface area contributed by atoms with Gasteiger partial charge in [0.2, 0.25) is 0 Å². The van der Waals surface area contributed by atoms with E-state index in [1.54, 1.807) is 19.2 Å². The quantitative estimate of drug-likeness (QED) is 0.732. The normalized spacial score (nSPS) is 11.8. The summed E-state index contributed by atoms with van der Waals surface area (Å²) in [6, 6.07) is 13.8. The minimum Gasteiger partial charge on any atom is -0.496 e. The van der Waals surface area contributed by atoms with Crippen molar-refractivity contribution in [1.29, 1.82) is 5.26 Å². The second-order valence-corrected chi connectivity index (χ2v) is 5.87. The first-order chi connectivity index (χ1) is 10.6. The van der Waals surface area contributed by atoms with Crippen LogP contribution in [0.4, 0.5) is 0 Å². The highest BCUT2D eigenvalue weighted by Crippen LogP contribution is 2.29. The van der Waals surface area contributed by atoms with Crippen LogP contribution in [0.3, 0.4) is 0 Å². The molecule has 4 heteroatoms. The van der Waals surface area contributed by atoms with E-state index in [2.05, 4.69) is 19.1 Å². The molecule has 2 aromatic carbocycles. The van der Waals surface area contributed by atoms with Crippen molar-refractivity contribution in [2.45, 2.75) is 25.7 Å². The Labute approximate surface area is 141 Å². The highest BCUT2D eigenvalue weighted by atomic mass is 35.5. The molecule has 0 amide bonds. The van der Waals surface area contributed by atoms with Crippen LogP contribution in [0.25, 0.3) is 0 Å². The van der Waals surface area contributed by atoms with Crippen molar-refractivity contribution in [3.05, 3.63) is 63.1 Å². The largest absolute Gasteiger partial charge is 0.496 e. The molecule has 2 rings (SSSR count). The minimum absolute atomic E-state index is 0.257. The SMILES string of the molecule is CCc1cc(CC(C#N)c2ccc(Cl)c(Cl)c2)ccc1OC. The molecule has 0 aliphatic carbocycles. The van der Waals surface area contributed by atoms with E-state index >= 15 is 0 Å². The van der Waals surface area contributed by atoms with Crippen LogP contribution in [0.5, 0.6) is 5.75 Å². The molecule has 0 aliphatic rings. The third-order valence-corrected chi connectivity index (χ3v) is 4.41. The molecule has 0 bridgehead atoms. The van der Waals surface area contributed by atoms with Crippen LogP contribution in [0, 0.1) is 11.3 Å². The summed E-state index contributed by atoms with van der Waals surface area (Å²) < 4.78 is 5.34. The summed E-state index contributed by atoms with van der Waals surface area (Å²) >= 11 is 12.0. The van der Waals surface area contributed by atoms with Gasteiger partial charge < -0.3 is 4.74 Å². The van der Waals surface area contributed by atoms with Gasteiger partial charge in [-0.2, -0.15) is 5.26 Å². The fourth-order valence-electron chi connectivity index (χ4n) is 2.44. The fourth-order valence-corrected chi connectivity index (χ4v) is 2.74. The van der Waals surface area contributed by atoms with Gasteiger partial charge in [-0.1, -0.05) is 48.3 Å². The molecule has 0 aliphatic heterocycles. The van der Waals surface area contributed by atoms with Gasteiger partial charge in [-0.25, -0.2) is 0 Å². The lowest BCUT2D eigenvalue weighted by molar-refractivity contribution is 0.410. The molecule has 1 atom stereocenters. The monoisotopic (exact) mass is 333 g/mol. The summed E-state index contributed by atoms with van der Waals surface area (Å²) in [6.45, 7) is 2.09. The van der Waals surface area contributed by atoms with Gasteiger partial charge in [0.05, 0.1) is 29.1 Å². The lowest BCUT2D eigenvalue weighted by Gasteiger charge is -2.13. The molecule has 22 heavy (non-hydrogen) atoms. The molecule has 114 valence electrons. The second kappa shape index (κ2) is 7.54. The van der Waals surface area contributed by atoms with Crippen LogP contribution in [-0.2, 0) is 12.8 Å². The zero-order valence-corrected chi connectivity index (χ0v) is 14.1. The Bertz CT molecular complexity index is 707. The number of halogens is 2. The fraction of sp³-hybridized carbons (Fsp3) is 0.278. The maximum atomic E-state index is 9.48. The number of ether oxygens (including phenoxy) is 1. The number of nitriles is 1. The first kappa shape index (κ1) is 16.7. The van der Waals surface area contributed by atoms with Gasteiger partial charge in [0.15, 0.2) is 0 Å². The Balaban J connectivity index is 2.27. The van der Waals surface area contributed by atoms with Crippen molar-refractivity contribution < 1.29 is 4.74 Å². The van der Waals surface area contributed by atoms with Crippen LogP contribution in [0.1, 0.15) is 29.5 Å². The average Bonchev–Trinajstić information content (AvgIpc) is 2.55. The van der Waals surface area contributed by atoms with Gasteiger partial charge in [-0.15, -0.1) is 0 Å².